The van der Waals surface area contributed by atoms with Crippen LogP contribution in [-0.4, -0.2) is 34.4 Å². The van der Waals surface area contributed by atoms with E-state index in [1.54, 1.807) is 12.1 Å². The predicted octanol–water partition coefficient (Wildman–Crippen LogP) is 2.86. The Balaban J connectivity index is 1.60. The van der Waals surface area contributed by atoms with Gasteiger partial charge in [0.25, 0.3) is 0 Å². The maximum atomic E-state index is 12.5. The van der Waals surface area contributed by atoms with Gasteiger partial charge in [0, 0.05) is 24.0 Å². The Morgan fingerprint density at radius 1 is 1.41 bits per heavy atom. The van der Waals surface area contributed by atoms with E-state index in [4.69, 9.17) is 0 Å². The first-order valence-electron chi connectivity index (χ1n) is 8.44. The Labute approximate surface area is 159 Å². The highest BCUT2D eigenvalue weighted by Gasteiger charge is 2.35. The molecule has 1 aromatic carbocycles. The molecule has 1 aromatic heterocycles. The first kappa shape index (κ1) is 19.2. The van der Waals surface area contributed by atoms with Crippen molar-refractivity contribution in [2.75, 3.05) is 0 Å². The van der Waals surface area contributed by atoms with E-state index in [-0.39, 0.29) is 24.1 Å². The standard InChI is InChI=1S/C18H19F2N3O3S/c1-11-10-27-15(22-11)8-21-17(25)14-6-7-16(24)23(14)9-12-2-4-13(5-3-12)26-18(19)20/h2-5,10,14,18H,6-9H2,1H3,(H,21,25)/t14-/m1/s1. The minimum absolute atomic E-state index is 0.0505. The summed E-state index contributed by atoms with van der Waals surface area (Å²) in [5.74, 6) is -0.269. The van der Waals surface area contributed by atoms with Crippen molar-refractivity contribution in [3.63, 3.8) is 0 Å². The number of carbonyl (C=O) groups is 2. The maximum Gasteiger partial charge on any atom is 0.387 e. The van der Waals surface area contributed by atoms with Crippen LogP contribution in [0.25, 0.3) is 0 Å². The number of thiazole rings is 1. The molecule has 0 spiro atoms. The van der Waals surface area contributed by atoms with Crippen molar-refractivity contribution in [1.82, 2.24) is 15.2 Å². The molecule has 1 fully saturated rings. The molecule has 0 unspecified atom stereocenters. The number of hydrogen-bond donors (Lipinski definition) is 1. The first-order chi connectivity index (χ1) is 12.9. The number of aromatic nitrogens is 1. The van der Waals surface area contributed by atoms with Crippen molar-refractivity contribution in [2.45, 2.75) is 45.5 Å². The number of ether oxygens (including phenoxy) is 1. The van der Waals surface area contributed by atoms with Crippen molar-refractivity contribution in [3.05, 3.63) is 45.9 Å². The number of aryl methyl sites for hydroxylation is 1. The molecule has 2 heterocycles. The second-order valence-electron chi connectivity index (χ2n) is 6.20. The van der Waals surface area contributed by atoms with E-state index in [1.807, 2.05) is 12.3 Å². The third-order valence-electron chi connectivity index (χ3n) is 4.21. The van der Waals surface area contributed by atoms with Gasteiger partial charge in [-0.2, -0.15) is 8.78 Å². The summed E-state index contributed by atoms with van der Waals surface area (Å²) in [7, 11) is 0. The van der Waals surface area contributed by atoms with E-state index in [2.05, 4.69) is 15.0 Å². The van der Waals surface area contributed by atoms with Crippen LogP contribution in [-0.2, 0) is 22.7 Å². The summed E-state index contributed by atoms with van der Waals surface area (Å²) in [5.41, 5.74) is 1.64. The lowest BCUT2D eigenvalue weighted by Gasteiger charge is -2.24. The molecule has 0 bridgehead atoms. The number of benzene rings is 1. The average molecular weight is 395 g/mol. The van der Waals surface area contributed by atoms with Crippen LogP contribution in [0.4, 0.5) is 8.78 Å². The molecule has 2 amide bonds. The van der Waals surface area contributed by atoms with Gasteiger partial charge < -0.3 is 15.0 Å². The Bertz CT molecular complexity index is 810. The second kappa shape index (κ2) is 8.43. The Morgan fingerprint density at radius 3 is 2.78 bits per heavy atom. The lowest BCUT2D eigenvalue weighted by Crippen LogP contribution is -2.44. The van der Waals surface area contributed by atoms with E-state index in [9.17, 15) is 18.4 Å². The van der Waals surface area contributed by atoms with Crippen molar-refractivity contribution in [3.8, 4) is 5.75 Å². The van der Waals surface area contributed by atoms with Gasteiger partial charge in [0.15, 0.2) is 0 Å². The Kier molecular flexibility index (Phi) is 6.00. The summed E-state index contributed by atoms with van der Waals surface area (Å²) in [6.45, 7) is -0.431. The predicted molar refractivity (Wildman–Crippen MR) is 95.3 cm³/mol. The number of nitrogens with zero attached hydrogens (tertiary/aromatic N) is 2. The average Bonchev–Trinajstić information content (AvgIpc) is 3.20. The molecule has 1 N–H and O–H groups in total. The lowest BCUT2D eigenvalue weighted by molar-refractivity contribution is -0.135. The third kappa shape index (κ3) is 5.00. The number of carbonyl (C=O) groups excluding carboxylic acids is 2. The molecule has 0 aliphatic carbocycles. The molecule has 1 aliphatic heterocycles. The van der Waals surface area contributed by atoms with Gasteiger partial charge in [0.2, 0.25) is 11.8 Å². The molecule has 2 aromatic rings. The van der Waals surface area contributed by atoms with Gasteiger partial charge in [-0.05, 0) is 31.0 Å². The number of likely N-dealkylation sites (tertiary alicyclic amines) is 1. The highest BCUT2D eigenvalue weighted by molar-refractivity contribution is 7.09. The van der Waals surface area contributed by atoms with Gasteiger partial charge in [0.1, 0.15) is 16.8 Å². The molecule has 9 heteroatoms. The van der Waals surface area contributed by atoms with Crippen molar-refractivity contribution in [1.29, 1.82) is 0 Å². The monoisotopic (exact) mass is 395 g/mol. The SMILES string of the molecule is Cc1csc(CNC(=O)[C@H]2CCC(=O)N2Cc2ccc(OC(F)F)cc2)n1. The fourth-order valence-corrected chi connectivity index (χ4v) is 3.65. The zero-order valence-corrected chi connectivity index (χ0v) is 15.5. The number of amides is 2. The van der Waals surface area contributed by atoms with Crippen LogP contribution in [0.2, 0.25) is 0 Å². The molecule has 0 radical (unpaired) electrons. The van der Waals surface area contributed by atoms with Crippen molar-refractivity contribution >= 4 is 23.2 Å². The lowest BCUT2D eigenvalue weighted by atomic mass is 10.1. The van der Waals surface area contributed by atoms with E-state index >= 15 is 0 Å². The minimum atomic E-state index is -2.88. The highest BCUT2D eigenvalue weighted by Crippen LogP contribution is 2.23. The molecule has 1 aliphatic rings. The number of nitrogens with one attached hydrogen (secondary N) is 1. The molecular weight excluding hydrogens is 376 g/mol. The van der Waals surface area contributed by atoms with Gasteiger partial charge in [-0.25, -0.2) is 4.98 Å². The molecule has 0 saturated carbocycles. The van der Waals surface area contributed by atoms with E-state index in [0.29, 0.717) is 19.4 Å². The zero-order valence-electron chi connectivity index (χ0n) is 14.7. The smallest absolute Gasteiger partial charge is 0.387 e. The summed E-state index contributed by atoms with van der Waals surface area (Å²) in [6, 6.07) is 5.51. The maximum absolute atomic E-state index is 12.5. The van der Waals surface area contributed by atoms with Gasteiger partial charge in [-0.1, -0.05) is 12.1 Å². The molecular formula is C18H19F2N3O3S. The number of alkyl halides is 2. The summed E-state index contributed by atoms with van der Waals surface area (Å²) < 4.78 is 28.7. The van der Waals surface area contributed by atoms with Crippen LogP contribution in [0.15, 0.2) is 29.6 Å². The van der Waals surface area contributed by atoms with E-state index < -0.39 is 12.7 Å². The number of hydrogen-bond acceptors (Lipinski definition) is 5. The number of halogens is 2. The zero-order chi connectivity index (χ0) is 19.4. The molecule has 27 heavy (non-hydrogen) atoms. The van der Waals surface area contributed by atoms with Gasteiger partial charge in [-0.15, -0.1) is 11.3 Å². The number of rotatable bonds is 7. The molecule has 1 atom stereocenters. The molecule has 3 rings (SSSR count). The van der Waals surface area contributed by atoms with Crippen LogP contribution < -0.4 is 10.1 Å². The van der Waals surface area contributed by atoms with Gasteiger partial charge in [0.05, 0.1) is 6.54 Å². The molecule has 1 saturated heterocycles. The summed E-state index contributed by atoms with van der Waals surface area (Å²) in [4.78, 5) is 30.5. The normalized spacial score (nSPS) is 16.8. The van der Waals surface area contributed by atoms with Crippen LogP contribution in [0.5, 0.6) is 5.75 Å². The highest BCUT2D eigenvalue weighted by atomic mass is 32.1. The molecule has 6 nitrogen and oxygen atoms in total. The summed E-state index contributed by atoms with van der Waals surface area (Å²) >= 11 is 1.47. The van der Waals surface area contributed by atoms with E-state index in [1.165, 1.54) is 28.4 Å². The van der Waals surface area contributed by atoms with Crippen LogP contribution in [0, 0.1) is 6.92 Å². The third-order valence-corrected chi connectivity index (χ3v) is 5.18. The Hall–Kier alpha value is -2.55. The summed E-state index contributed by atoms with van der Waals surface area (Å²) in [6.07, 6.45) is 0.759. The minimum Gasteiger partial charge on any atom is -0.435 e. The topological polar surface area (TPSA) is 71.5 Å². The fourth-order valence-electron chi connectivity index (χ4n) is 2.94. The Morgan fingerprint density at radius 2 is 2.15 bits per heavy atom. The summed E-state index contributed by atoms with van der Waals surface area (Å²) in [5, 5.41) is 5.56. The van der Waals surface area contributed by atoms with Crippen LogP contribution in [0.3, 0.4) is 0 Å². The first-order valence-corrected chi connectivity index (χ1v) is 9.32. The van der Waals surface area contributed by atoms with Crippen molar-refractivity contribution in [2.24, 2.45) is 0 Å². The van der Waals surface area contributed by atoms with Crippen LogP contribution >= 0.6 is 11.3 Å². The molecule has 144 valence electrons. The van der Waals surface area contributed by atoms with Gasteiger partial charge in [-0.3, -0.25) is 9.59 Å². The second-order valence-corrected chi connectivity index (χ2v) is 7.14. The van der Waals surface area contributed by atoms with Crippen molar-refractivity contribution < 1.29 is 23.1 Å². The largest absolute Gasteiger partial charge is 0.435 e. The van der Waals surface area contributed by atoms with Crippen LogP contribution in [0.1, 0.15) is 29.1 Å². The van der Waals surface area contributed by atoms with Gasteiger partial charge >= 0.3 is 6.61 Å². The van der Waals surface area contributed by atoms with E-state index in [0.717, 1.165) is 16.3 Å². The quantitative estimate of drug-likeness (QED) is 0.783. The fraction of sp³-hybridized carbons (Fsp3) is 0.389.